The summed E-state index contributed by atoms with van der Waals surface area (Å²) in [7, 11) is -4.06. The number of benzene rings is 3. The fourth-order valence-corrected chi connectivity index (χ4v) is 4.37. The van der Waals surface area contributed by atoms with Crippen LogP contribution in [0.2, 0.25) is 5.02 Å². The van der Waals surface area contributed by atoms with Gasteiger partial charge in [-0.15, -0.1) is 0 Å². The SMILES string of the molecule is O=C(CN(c1nc2ccccc2[nH]1)S(=O)(=O)c1ccc(Cl)cc1)c1ccccc1. The minimum absolute atomic E-state index is 0.0169. The number of hydrogen-bond donors (Lipinski definition) is 1. The maximum absolute atomic E-state index is 13.4. The van der Waals surface area contributed by atoms with Crippen molar-refractivity contribution < 1.29 is 13.2 Å². The van der Waals surface area contributed by atoms with E-state index in [4.69, 9.17) is 11.6 Å². The van der Waals surface area contributed by atoms with Gasteiger partial charge in [0, 0.05) is 10.6 Å². The fourth-order valence-electron chi connectivity index (χ4n) is 2.91. The zero-order valence-corrected chi connectivity index (χ0v) is 16.7. The van der Waals surface area contributed by atoms with Gasteiger partial charge in [0.1, 0.15) is 6.54 Å². The summed E-state index contributed by atoms with van der Waals surface area (Å²) in [5, 5.41) is 0.416. The number of nitrogens with zero attached hydrogens (tertiary/aromatic N) is 2. The van der Waals surface area contributed by atoms with Crippen molar-refractivity contribution in [3.63, 3.8) is 0 Å². The van der Waals surface area contributed by atoms with Gasteiger partial charge >= 0.3 is 0 Å². The van der Waals surface area contributed by atoms with E-state index in [0.717, 1.165) is 4.31 Å². The van der Waals surface area contributed by atoms with Crippen molar-refractivity contribution in [2.24, 2.45) is 0 Å². The van der Waals surface area contributed by atoms with Crippen molar-refractivity contribution >= 4 is 44.4 Å². The lowest BCUT2D eigenvalue weighted by Gasteiger charge is -2.21. The third-order valence-electron chi connectivity index (χ3n) is 4.40. The van der Waals surface area contributed by atoms with E-state index in [9.17, 15) is 13.2 Å². The van der Waals surface area contributed by atoms with E-state index in [2.05, 4.69) is 9.97 Å². The highest BCUT2D eigenvalue weighted by molar-refractivity contribution is 7.92. The summed E-state index contributed by atoms with van der Waals surface area (Å²) < 4.78 is 27.7. The lowest BCUT2D eigenvalue weighted by molar-refractivity contribution is 0.100. The van der Waals surface area contributed by atoms with Crippen LogP contribution < -0.4 is 4.31 Å². The molecular weight excluding hydrogens is 410 g/mol. The van der Waals surface area contributed by atoms with Crippen LogP contribution in [0.3, 0.4) is 0 Å². The number of para-hydroxylation sites is 2. The van der Waals surface area contributed by atoms with Gasteiger partial charge < -0.3 is 4.98 Å². The number of carbonyl (C=O) groups is 1. The number of H-pyrrole nitrogens is 1. The molecule has 8 heteroatoms. The Morgan fingerprint density at radius 1 is 0.931 bits per heavy atom. The van der Waals surface area contributed by atoms with E-state index in [-0.39, 0.29) is 16.6 Å². The minimum atomic E-state index is -4.06. The molecule has 0 atom stereocenters. The van der Waals surface area contributed by atoms with Gasteiger partial charge in [0.15, 0.2) is 5.78 Å². The maximum atomic E-state index is 13.4. The Bertz CT molecular complexity index is 1240. The molecule has 0 aliphatic heterocycles. The molecule has 0 spiro atoms. The highest BCUT2D eigenvalue weighted by Gasteiger charge is 2.30. The lowest BCUT2D eigenvalue weighted by Crippen LogP contribution is -2.36. The van der Waals surface area contributed by atoms with E-state index in [1.165, 1.54) is 24.3 Å². The zero-order valence-electron chi connectivity index (χ0n) is 15.1. The molecule has 0 bridgehead atoms. The van der Waals surface area contributed by atoms with E-state index >= 15 is 0 Å². The number of imidazole rings is 1. The predicted octanol–water partition coefficient (Wildman–Crippen LogP) is 4.29. The number of carbonyl (C=O) groups excluding carboxylic acids is 1. The van der Waals surface area contributed by atoms with Crippen molar-refractivity contribution in [3.05, 3.63) is 89.4 Å². The first-order valence-corrected chi connectivity index (χ1v) is 10.6. The van der Waals surface area contributed by atoms with Crippen LogP contribution in [-0.2, 0) is 10.0 Å². The first-order valence-electron chi connectivity index (χ1n) is 8.76. The third kappa shape index (κ3) is 3.87. The number of rotatable bonds is 6. The summed E-state index contributed by atoms with van der Waals surface area (Å²) in [5.74, 6) is -0.269. The number of ketones is 1. The van der Waals surface area contributed by atoms with Crippen LogP contribution in [0.25, 0.3) is 11.0 Å². The molecule has 3 aromatic carbocycles. The molecular formula is C21H16ClN3O3S. The van der Waals surface area contributed by atoms with Crippen molar-refractivity contribution in [3.8, 4) is 0 Å². The molecule has 6 nitrogen and oxygen atoms in total. The number of fused-ring (bicyclic) bond motifs is 1. The summed E-state index contributed by atoms with van der Waals surface area (Å²) in [6.45, 7) is -0.394. The fraction of sp³-hybridized carbons (Fsp3) is 0.0476. The number of Topliss-reactive ketones (excluding diaryl/α,β-unsaturated/α-hetero) is 1. The van der Waals surface area contributed by atoms with Crippen LogP contribution >= 0.6 is 11.6 Å². The van der Waals surface area contributed by atoms with Gasteiger partial charge in [0.05, 0.1) is 15.9 Å². The standard InChI is InChI=1S/C21H16ClN3O3S/c22-16-10-12-17(13-11-16)29(27,28)25(14-20(26)15-6-2-1-3-7-15)21-23-18-8-4-5-9-19(18)24-21/h1-13H,14H2,(H,23,24). The van der Waals surface area contributed by atoms with Crippen LogP contribution in [0.4, 0.5) is 5.95 Å². The summed E-state index contributed by atoms with van der Waals surface area (Å²) in [6, 6.07) is 21.5. The van der Waals surface area contributed by atoms with Gasteiger partial charge in [-0.1, -0.05) is 54.1 Å². The van der Waals surface area contributed by atoms with Gasteiger partial charge in [0.25, 0.3) is 10.0 Å². The second kappa shape index (κ2) is 7.69. The van der Waals surface area contributed by atoms with Crippen LogP contribution in [0, 0.1) is 0 Å². The van der Waals surface area contributed by atoms with Crippen LogP contribution in [-0.4, -0.2) is 30.7 Å². The number of halogens is 1. The number of nitrogens with one attached hydrogen (secondary N) is 1. The molecule has 0 saturated heterocycles. The second-order valence-corrected chi connectivity index (χ2v) is 8.63. The highest BCUT2D eigenvalue weighted by Crippen LogP contribution is 2.25. The van der Waals surface area contributed by atoms with Crippen LogP contribution in [0.15, 0.2) is 83.8 Å². The number of aromatic nitrogens is 2. The number of aromatic amines is 1. The van der Waals surface area contributed by atoms with Gasteiger partial charge in [0.2, 0.25) is 5.95 Å². The first kappa shape index (κ1) is 19.2. The normalized spacial score (nSPS) is 11.5. The van der Waals surface area contributed by atoms with Crippen molar-refractivity contribution in [2.75, 3.05) is 10.8 Å². The van der Waals surface area contributed by atoms with Gasteiger partial charge in [-0.3, -0.25) is 4.79 Å². The largest absolute Gasteiger partial charge is 0.323 e. The molecule has 29 heavy (non-hydrogen) atoms. The Morgan fingerprint density at radius 3 is 2.28 bits per heavy atom. The number of sulfonamides is 1. The third-order valence-corrected chi connectivity index (χ3v) is 6.40. The molecule has 4 aromatic rings. The van der Waals surface area contributed by atoms with Crippen molar-refractivity contribution in [1.82, 2.24) is 9.97 Å². The highest BCUT2D eigenvalue weighted by atomic mass is 35.5. The quantitative estimate of drug-likeness (QED) is 0.467. The van der Waals surface area contributed by atoms with E-state index in [1.54, 1.807) is 48.5 Å². The monoisotopic (exact) mass is 425 g/mol. The molecule has 4 rings (SSSR count). The topological polar surface area (TPSA) is 83.1 Å². The molecule has 0 fully saturated rings. The lowest BCUT2D eigenvalue weighted by atomic mass is 10.1. The molecule has 0 aliphatic rings. The summed E-state index contributed by atoms with van der Waals surface area (Å²) in [5.41, 5.74) is 1.69. The van der Waals surface area contributed by atoms with Crippen LogP contribution in [0.5, 0.6) is 0 Å². The molecule has 0 radical (unpaired) electrons. The average Bonchev–Trinajstić information content (AvgIpc) is 3.16. The molecule has 1 N–H and O–H groups in total. The number of anilines is 1. The summed E-state index contributed by atoms with van der Waals surface area (Å²) in [4.78, 5) is 20.2. The number of hydrogen-bond acceptors (Lipinski definition) is 4. The Labute approximate surface area is 172 Å². The average molecular weight is 426 g/mol. The second-order valence-electron chi connectivity index (χ2n) is 6.33. The molecule has 0 aliphatic carbocycles. The van der Waals surface area contributed by atoms with Gasteiger partial charge in [-0.05, 0) is 36.4 Å². The van der Waals surface area contributed by atoms with Crippen molar-refractivity contribution in [2.45, 2.75) is 4.90 Å². The minimum Gasteiger partial charge on any atom is -0.323 e. The van der Waals surface area contributed by atoms with E-state index in [1.807, 2.05) is 6.07 Å². The Hall–Kier alpha value is -3.16. The van der Waals surface area contributed by atoms with Crippen LogP contribution in [0.1, 0.15) is 10.4 Å². The Kier molecular flexibility index (Phi) is 5.08. The summed E-state index contributed by atoms with van der Waals surface area (Å²) in [6.07, 6.45) is 0. The first-order chi connectivity index (χ1) is 13.9. The molecule has 0 saturated carbocycles. The Balaban J connectivity index is 1.80. The zero-order chi connectivity index (χ0) is 20.4. The molecule has 0 amide bonds. The van der Waals surface area contributed by atoms with Gasteiger partial charge in [-0.2, -0.15) is 0 Å². The predicted molar refractivity (Wildman–Crippen MR) is 113 cm³/mol. The molecule has 1 aromatic heterocycles. The van der Waals surface area contributed by atoms with Gasteiger partial charge in [-0.25, -0.2) is 17.7 Å². The maximum Gasteiger partial charge on any atom is 0.267 e. The van der Waals surface area contributed by atoms with E-state index < -0.39 is 16.6 Å². The summed E-state index contributed by atoms with van der Waals surface area (Å²) >= 11 is 5.90. The van der Waals surface area contributed by atoms with Crippen molar-refractivity contribution in [1.29, 1.82) is 0 Å². The molecule has 1 heterocycles. The Morgan fingerprint density at radius 2 is 1.59 bits per heavy atom. The molecule has 146 valence electrons. The molecule has 0 unspecified atom stereocenters. The van der Waals surface area contributed by atoms with E-state index in [0.29, 0.717) is 21.6 Å². The smallest absolute Gasteiger partial charge is 0.267 e.